The molecule has 1 aromatic carbocycles. The Kier molecular flexibility index (Phi) is 3.95. The monoisotopic (exact) mass is 284 g/mol. The quantitative estimate of drug-likeness (QED) is 0.907. The maximum Gasteiger partial charge on any atom is 0.227 e. The average Bonchev–Trinajstić information content (AvgIpc) is 2.99. The number of hydrogen-bond donors (Lipinski definition) is 2. The van der Waals surface area contributed by atoms with E-state index in [1.54, 1.807) is 6.26 Å². The van der Waals surface area contributed by atoms with Crippen LogP contribution in [0.5, 0.6) is 0 Å². The van der Waals surface area contributed by atoms with Crippen molar-refractivity contribution < 1.29 is 9.21 Å². The van der Waals surface area contributed by atoms with Crippen LogP contribution in [0.4, 0.5) is 5.69 Å². The van der Waals surface area contributed by atoms with Gasteiger partial charge in [0, 0.05) is 24.7 Å². The summed E-state index contributed by atoms with van der Waals surface area (Å²) in [7, 11) is 0. The molecule has 2 aromatic rings. The maximum atomic E-state index is 12.5. The van der Waals surface area contributed by atoms with Crippen LogP contribution in [0, 0.1) is 0 Å². The van der Waals surface area contributed by atoms with Gasteiger partial charge in [0.05, 0.1) is 12.2 Å². The first-order chi connectivity index (χ1) is 10.2. The summed E-state index contributed by atoms with van der Waals surface area (Å²) in [5.74, 6) is 0.929. The van der Waals surface area contributed by atoms with Crippen molar-refractivity contribution in [2.24, 2.45) is 0 Å². The summed E-state index contributed by atoms with van der Waals surface area (Å²) >= 11 is 0. The number of rotatable bonds is 4. The Hall–Kier alpha value is -2.23. The number of amides is 1. The predicted molar refractivity (Wildman–Crippen MR) is 82.3 cm³/mol. The van der Waals surface area contributed by atoms with Crippen LogP contribution in [-0.4, -0.2) is 18.5 Å². The van der Waals surface area contributed by atoms with E-state index in [1.807, 2.05) is 43.3 Å². The highest BCUT2D eigenvalue weighted by molar-refractivity contribution is 5.86. The number of hydrogen-bond acceptors (Lipinski definition) is 3. The molecule has 0 fully saturated rings. The molecule has 1 aromatic heterocycles. The van der Waals surface area contributed by atoms with Gasteiger partial charge in [0.25, 0.3) is 0 Å². The smallest absolute Gasteiger partial charge is 0.227 e. The van der Waals surface area contributed by atoms with Crippen molar-refractivity contribution in [3.05, 3.63) is 54.0 Å². The van der Waals surface area contributed by atoms with Gasteiger partial charge in [-0.15, -0.1) is 0 Å². The van der Waals surface area contributed by atoms with Crippen LogP contribution in [0.1, 0.15) is 30.6 Å². The minimum absolute atomic E-state index is 0.0608. The van der Waals surface area contributed by atoms with E-state index in [1.165, 1.54) is 0 Å². The lowest BCUT2D eigenvalue weighted by Gasteiger charge is -2.27. The highest BCUT2D eigenvalue weighted by Gasteiger charge is 2.26. The van der Waals surface area contributed by atoms with E-state index in [4.69, 9.17) is 4.42 Å². The summed E-state index contributed by atoms with van der Waals surface area (Å²) in [6.45, 7) is 2.84. The fraction of sp³-hybridized carbons (Fsp3) is 0.353. The van der Waals surface area contributed by atoms with E-state index < -0.39 is 0 Å². The zero-order chi connectivity index (χ0) is 14.7. The highest BCUT2D eigenvalue weighted by atomic mass is 16.3. The second-order valence-electron chi connectivity index (χ2n) is 5.55. The Balaban J connectivity index is 1.66. The Morgan fingerprint density at radius 3 is 3.05 bits per heavy atom. The van der Waals surface area contributed by atoms with Crippen molar-refractivity contribution in [3.8, 4) is 0 Å². The van der Waals surface area contributed by atoms with E-state index in [-0.39, 0.29) is 17.9 Å². The molecule has 0 radical (unpaired) electrons. The summed E-state index contributed by atoms with van der Waals surface area (Å²) in [6.07, 6.45) is 3.20. The highest BCUT2D eigenvalue weighted by Crippen LogP contribution is 2.31. The molecule has 3 rings (SSSR count). The summed E-state index contributed by atoms with van der Waals surface area (Å²) in [5, 5.41) is 6.44. The summed E-state index contributed by atoms with van der Waals surface area (Å²) in [6, 6.07) is 11.9. The molecule has 110 valence electrons. The molecule has 0 bridgehead atoms. The molecule has 0 spiro atoms. The van der Waals surface area contributed by atoms with E-state index in [0.29, 0.717) is 6.42 Å². The number of benzene rings is 1. The van der Waals surface area contributed by atoms with Gasteiger partial charge in [-0.3, -0.25) is 4.79 Å². The van der Waals surface area contributed by atoms with Crippen LogP contribution in [0.3, 0.4) is 0 Å². The lowest BCUT2D eigenvalue weighted by Crippen LogP contribution is -2.39. The number of nitrogens with one attached hydrogen (secondary N) is 2. The summed E-state index contributed by atoms with van der Waals surface area (Å²) in [5.41, 5.74) is 2.16. The molecule has 2 N–H and O–H groups in total. The normalized spacial score (nSPS) is 18.4. The molecule has 2 atom stereocenters. The molecule has 2 heterocycles. The molecule has 2 unspecified atom stereocenters. The van der Waals surface area contributed by atoms with Gasteiger partial charge in [-0.1, -0.05) is 18.2 Å². The lowest BCUT2D eigenvalue weighted by molar-refractivity contribution is -0.123. The van der Waals surface area contributed by atoms with Crippen LogP contribution in [0.25, 0.3) is 0 Å². The number of anilines is 1. The second kappa shape index (κ2) is 6.04. The van der Waals surface area contributed by atoms with Crippen molar-refractivity contribution in [3.63, 3.8) is 0 Å². The molecule has 1 aliphatic rings. The number of furan rings is 1. The molecular formula is C17H20N2O2. The molecule has 1 amide bonds. The second-order valence-corrected chi connectivity index (χ2v) is 5.55. The van der Waals surface area contributed by atoms with Crippen molar-refractivity contribution in [1.29, 1.82) is 0 Å². The van der Waals surface area contributed by atoms with Gasteiger partial charge < -0.3 is 15.1 Å². The fourth-order valence-corrected chi connectivity index (χ4v) is 2.87. The Morgan fingerprint density at radius 2 is 2.24 bits per heavy atom. The molecule has 4 nitrogen and oxygen atoms in total. The van der Waals surface area contributed by atoms with E-state index in [2.05, 4.69) is 10.6 Å². The first kappa shape index (κ1) is 13.7. The zero-order valence-electron chi connectivity index (χ0n) is 12.1. The standard InChI is InChI=1S/C17H20N2O2/c1-12(11-13-5-4-10-21-13)19-17(20)15-8-9-18-16-7-3-2-6-14(15)16/h2-7,10,12,15,18H,8-9,11H2,1H3,(H,19,20). The largest absolute Gasteiger partial charge is 0.469 e. The van der Waals surface area contributed by atoms with E-state index in [0.717, 1.165) is 30.0 Å². The SMILES string of the molecule is CC(Cc1ccco1)NC(=O)C1CCNc2ccccc21. The molecule has 0 saturated carbocycles. The van der Waals surface area contributed by atoms with Crippen LogP contribution < -0.4 is 10.6 Å². The molecule has 1 aliphatic heterocycles. The molecule has 4 heteroatoms. The van der Waals surface area contributed by atoms with Gasteiger partial charge in [-0.25, -0.2) is 0 Å². The van der Waals surface area contributed by atoms with Crippen LogP contribution in [0.2, 0.25) is 0 Å². The maximum absolute atomic E-state index is 12.5. The van der Waals surface area contributed by atoms with Crippen molar-refractivity contribution >= 4 is 11.6 Å². The number of fused-ring (bicyclic) bond motifs is 1. The topological polar surface area (TPSA) is 54.3 Å². The third kappa shape index (κ3) is 3.10. The first-order valence-electron chi connectivity index (χ1n) is 7.39. The molecule has 0 saturated heterocycles. The summed E-state index contributed by atoms with van der Waals surface area (Å²) < 4.78 is 5.33. The minimum Gasteiger partial charge on any atom is -0.469 e. The summed E-state index contributed by atoms with van der Waals surface area (Å²) in [4.78, 5) is 12.5. The van der Waals surface area contributed by atoms with Gasteiger partial charge in [-0.2, -0.15) is 0 Å². The number of para-hydroxylation sites is 1. The van der Waals surface area contributed by atoms with Gasteiger partial charge in [-0.05, 0) is 37.1 Å². The molecule has 21 heavy (non-hydrogen) atoms. The van der Waals surface area contributed by atoms with Gasteiger partial charge >= 0.3 is 0 Å². The van der Waals surface area contributed by atoms with E-state index >= 15 is 0 Å². The zero-order valence-corrected chi connectivity index (χ0v) is 12.1. The average molecular weight is 284 g/mol. The number of carbonyl (C=O) groups excluding carboxylic acids is 1. The van der Waals surface area contributed by atoms with E-state index in [9.17, 15) is 4.79 Å². The van der Waals surface area contributed by atoms with Crippen LogP contribution >= 0.6 is 0 Å². The van der Waals surface area contributed by atoms with Crippen molar-refractivity contribution in [2.75, 3.05) is 11.9 Å². The fourth-order valence-electron chi connectivity index (χ4n) is 2.87. The predicted octanol–water partition coefficient (Wildman–Crippen LogP) is 2.93. The van der Waals surface area contributed by atoms with Crippen LogP contribution in [-0.2, 0) is 11.2 Å². The van der Waals surface area contributed by atoms with Gasteiger partial charge in [0.15, 0.2) is 0 Å². The number of carbonyl (C=O) groups is 1. The molecular weight excluding hydrogens is 264 g/mol. The van der Waals surface area contributed by atoms with Gasteiger partial charge in [0.1, 0.15) is 5.76 Å². The van der Waals surface area contributed by atoms with Crippen molar-refractivity contribution in [2.45, 2.75) is 31.7 Å². The lowest BCUT2D eigenvalue weighted by atomic mass is 9.90. The third-order valence-corrected chi connectivity index (χ3v) is 3.88. The Bertz CT molecular complexity index is 607. The Labute approximate surface area is 124 Å². The Morgan fingerprint density at radius 1 is 1.38 bits per heavy atom. The van der Waals surface area contributed by atoms with Gasteiger partial charge in [0.2, 0.25) is 5.91 Å². The third-order valence-electron chi connectivity index (χ3n) is 3.88. The molecule has 0 aliphatic carbocycles. The van der Waals surface area contributed by atoms with Crippen LogP contribution in [0.15, 0.2) is 47.1 Å². The minimum atomic E-state index is -0.0681. The van der Waals surface area contributed by atoms with Crippen molar-refractivity contribution in [1.82, 2.24) is 5.32 Å². The first-order valence-corrected chi connectivity index (χ1v) is 7.39.